The standard InChI is InChI=1S/C28H33ClFN5O3/c1-34-15-31-25(26(34)27(36)32-20-5-6-22(30)21(29)10-20)17-8-18-12-28(37,13-19(18)9-17)24-11-23(33-35(24)2)16-4-3-7-38-14-16/h5-6,10-11,15-19,37H,3-4,7-9,12-14H2,1-2H3,(H,32,36). The Labute approximate surface area is 226 Å². The molecule has 1 aromatic carbocycles. The van der Waals surface area contributed by atoms with Crippen LogP contribution in [-0.4, -0.2) is 43.6 Å². The molecule has 1 amide bonds. The maximum atomic E-state index is 13.5. The Kier molecular flexibility index (Phi) is 6.56. The van der Waals surface area contributed by atoms with Crippen molar-refractivity contribution in [1.82, 2.24) is 19.3 Å². The highest BCUT2D eigenvalue weighted by Crippen LogP contribution is 2.57. The minimum Gasteiger partial charge on any atom is -0.384 e. The fraction of sp³-hybridized carbons (Fsp3) is 0.536. The number of hydrogen-bond acceptors (Lipinski definition) is 5. The number of nitrogens with one attached hydrogen (secondary N) is 1. The van der Waals surface area contributed by atoms with Gasteiger partial charge in [-0.2, -0.15) is 5.10 Å². The van der Waals surface area contributed by atoms with E-state index in [1.807, 2.05) is 11.7 Å². The van der Waals surface area contributed by atoms with Gasteiger partial charge in [-0.3, -0.25) is 9.48 Å². The summed E-state index contributed by atoms with van der Waals surface area (Å²) in [6.07, 6.45) is 6.86. The summed E-state index contributed by atoms with van der Waals surface area (Å²) in [6, 6.07) is 6.20. The normalized spacial score (nSPS) is 29.0. The molecule has 10 heteroatoms. The molecule has 3 aromatic rings. The number of halogens is 2. The quantitative estimate of drug-likeness (QED) is 0.480. The number of carbonyl (C=O) groups is 1. The molecule has 3 atom stereocenters. The monoisotopic (exact) mass is 541 g/mol. The summed E-state index contributed by atoms with van der Waals surface area (Å²) in [5.74, 6) is 0.274. The maximum absolute atomic E-state index is 13.5. The minimum atomic E-state index is -0.901. The summed E-state index contributed by atoms with van der Waals surface area (Å²) in [5, 5.41) is 19.3. The Balaban J connectivity index is 1.16. The smallest absolute Gasteiger partial charge is 0.274 e. The highest BCUT2D eigenvalue weighted by atomic mass is 35.5. The predicted molar refractivity (Wildman–Crippen MR) is 141 cm³/mol. The number of amides is 1. The molecule has 0 bridgehead atoms. The summed E-state index contributed by atoms with van der Waals surface area (Å²) in [7, 11) is 3.72. The average molecular weight is 542 g/mol. The second-order valence-electron chi connectivity index (χ2n) is 11.3. The SMILES string of the molecule is Cn1cnc(C2CC3CC(O)(c4cc(C5CCCOC5)nn4C)CC3C2)c1C(=O)Nc1ccc(F)c(Cl)c1. The van der Waals surface area contributed by atoms with E-state index in [9.17, 15) is 14.3 Å². The molecule has 202 valence electrons. The Morgan fingerprint density at radius 3 is 2.66 bits per heavy atom. The van der Waals surface area contributed by atoms with Crippen molar-refractivity contribution in [3.05, 3.63) is 64.2 Å². The molecule has 2 N–H and O–H groups in total. The summed E-state index contributed by atoms with van der Waals surface area (Å²) in [6.45, 7) is 1.50. The van der Waals surface area contributed by atoms with Gasteiger partial charge in [-0.25, -0.2) is 9.37 Å². The second-order valence-corrected chi connectivity index (χ2v) is 11.7. The molecule has 2 aromatic heterocycles. The molecule has 1 aliphatic heterocycles. The number of rotatable bonds is 5. The molecule has 3 heterocycles. The Hall–Kier alpha value is -2.75. The molecule has 8 nitrogen and oxygen atoms in total. The molecular weight excluding hydrogens is 509 g/mol. The average Bonchev–Trinajstić information content (AvgIpc) is 3.64. The van der Waals surface area contributed by atoms with E-state index in [1.165, 1.54) is 18.2 Å². The van der Waals surface area contributed by atoms with Crippen LogP contribution in [0.3, 0.4) is 0 Å². The van der Waals surface area contributed by atoms with E-state index in [1.54, 1.807) is 17.9 Å². The van der Waals surface area contributed by atoms with Crippen LogP contribution in [0.5, 0.6) is 0 Å². The molecular formula is C28H33ClFN5O3. The number of fused-ring (bicyclic) bond motifs is 1. The van der Waals surface area contributed by atoms with Crippen molar-refractivity contribution >= 4 is 23.2 Å². The number of ether oxygens (including phenoxy) is 1. The topological polar surface area (TPSA) is 94.2 Å². The van der Waals surface area contributed by atoms with E-state index in [-0.39, 0.29) is 22.8 Å². The number of nitrogens with zero attached hydrogens (tertiary/aromatic N) is 4. The van der Waals surface area contributed by atoms with E-state index >= 15 is 0 Å². The van der Waals surface area contributed by atoms with Gasteiger partial charge in [-0.1, -0.05) is 11.6 Å². The number of hydrogen-bond donors (Lipinski definition) is 2. The summed E-state index contributed by atoms with van der Waals surface area (Å²) >= 11 is 5.89. The van der Waals surface area contributed by atoms with Crippen LogP contribution in [-0.2, 0) is 24.4 Å². The highest BCUT2D eigenvalue weighted by Gasteiger charge is 2.51. The first-order valence-corrected chi connectivity index (χ1v) is 13.7. The summed E-state index contributed by atoms with van der Waals surface area (Å²) in [5.41, 5.74) is 2.70. The molecule has 3 aliphatic rings. The number of anilines is 1. The van der Waals surface area contributed by atoms with Crippen LogP contribution in [0, 0.1) is 17.7 Å². The van der Waals surface area contributed by atoms with Crippen LogP contribution in [0.15, 0.2) is 30.6 Å². The summed E-state index contributed by atoms with van der Waals surface area (Å²) in [4.78, 5) is 17.8. The first kappa shape index (κ1) is 25.5. The minimum absolute atomic E-state index is 0.0447. The Morgan fingerprint density at radius 1 is 1.21 bits per heavy atom. The van der Waals surface area contributed by atoms with Crippen LogP contribution in [0.25, 0.3) is 0 Å². The van der Waals surface area contributed by atoms with E-state index in [0.717, 1.165) is 49.4 Å². The third kappa shape index (κ3) is 4.54. The third-order valence-corrected chi connectivity index (χ3v) is 9.03. The Morgan fingerprint density at radius 2 is 1.97 bits per heavy atom. The number of benzene rings is 1. The van der Waals surface area contributed by atoms with Crippen molar-refractivity contribution in [3.63, 3.8) is 0 Å². The number of aliphatic hydroxyl groups is 1. The molecule has 1 saturated heterocycles. The van der Waals surface area contributed by atoms with Gasteiger partial charge in [0.1, 0.15) is 17.1 Å². The molecule has 3 unspecified atom stereocenters. The lowest BCUT2D eigenvalue weighted by Crippen LogP contribution is -2.26. The number of carbonyl (C=O) groups excluding carboxylic acids is 1. The number of aryl methyl sites for hydroxylation is 2. The van der Waals surface area contributed by atoms with Crippen molar-refractivity contribution in [2.45, 2.75) is 56.0 Å². The van der Waals surface area contributed by atoms with Crippen molar-refractivity contribution < 1.29 is 19.0 Å². The number of imidazole rings is 1. The van der Waals surface area contributed by atoms with Crippen LogP contribution < -0.4 is 5.32 Å². The van der Waals surface area contributed by atoms with Gasteiger partial charge < -0.3 is 19.7 Å². The van der Waals surface area contributed by atoms with E-state index in [0.29, 0.717) is 42.7 Å². The molecule has 0 radical (unpaired) electrons. The van der Waals surface area contributed by atoms with Gasteiger partial charge in [0.25, 0.3) is 5.91 Å². The second kappa shape index (κ2) is 9.77. The molecule has 38 heavy (non-hydrogen) atoms. The lowest BCUT2D eigenvalue weighted by molar-refractivity contribution is 0.0263. The van der Waals surface area contributed by atoms with Crippen LogP contribution >= 0.6 is 11.6 Å². The molecule has 0 spiro atoms. The van der Waals surface area contributed by atoms with Crippen molar-refractivity contribution in [1.29, 1.82) is 0 Å². The van der Waals surface area contributed by atoms with E-state index < -0.39 is 11.4 Å². The predicted octanol–water partition coefficient (Wildman–Crippen LogP) is 4.88. The largest absolute Gasteiger partial charge is 0.384 e. The van der Waals surface area contributed by atoms with Gasteiger partial charge in [-0.05, 0) is 74.6 Å². The number of aromatic nitrogens is 4. The van der Waals surface area contributed by atoms with Crippen molar-refractivity contribution in [3.8, 4) is 0 Å². The van der Waals surface area contributed by atoms with Gasteiger partial charge in [0.15, 0.2) is 0 Å². The first-order valence-electron chi connectivity index (χ1n) is 13.3. The van der Waals surface area contributed by atoms with Crippen LogP contribution in [0.2, 0.25) is 5.02 Å². The lowest BCUT2D eigenvalue weighted by atomic mass is 9.89. The van der Waals surface area contributed by atoms with Gasteiger partial charge in [-0.15, -0.1) is 0 Å². The van der Waals surface area contributed by atoms with E-state index in [4.69, 9.17) is 21.4 Å². The first-order chi connectivity index (χ1) is 18.2. The van der Waals surface area contributed by atoms with Gasteiger partial charge >= 0.3 is 0 Å². The maximum Gasteiger partial charge on any atom is 0.274 e. The molecule has 2 saturated carbocycles. The van der Waals surface area contributed by atoms with Gasteiger partial charge in [0, 0.05) is 38.2 Å². The summed E-state index contributed by atoms with van der Waals surface area (Å²) < 4.78 is 22.8. The Bertz CT molecular complexity index is 1350. The fourth-order valence-corrected chi connectivity index (χ4v) is 7.16. The zero-order chi connectivity index (χ0) is 26.6. The zero-order valence-electron chi connectivity index (χ0n) is 21.7. The van der Waals surface area contributed by atoms with Crippen molar-refractivity contribution in [2.75, 3.05) is 18.5 Å². The molecule has 3 fully saturated rings. The molecule has 2 aliphatic carbocycles. The lowest BCUT2D eigenvalue weighted by Gasteiger charge is -2.25. The third-order valence-electron chi connectivity index (χ3n) is 8.74. The van der Waals surface area contributed by atoms with Crippen LogP contribution in [0.1, 0.15) is 77.9 Å². The fourth-order valence-electron chi connectivity index (χ4n) is 6.98. The van der Waals surface area contributed by atoms with E-state index in [2.05, 4.69) is 16.4 Å². The molecule has 6 rings (SSSR count). The van der Waals surface area contributed by atoms with Crippen molar-refractivity contribution in [2.24, 2.45) is 25.9 Å². The van der Waals surface area contributed by atoms with Gasteiger partial charge in [0.2, 0.25) is 0 Å². The van der Waals surface area contributed by atoms with Gasteiger partial charge in [0.05, 0.1) is 35.0 Å². The highest BCUT2D eigenvalue weighted by molar-refractivity contribution is 6.31. The zero-order valence-corrected chi connectivity index (χ0v) is 22.4. The van der Waals surface area contributed by atoms with Crippen LogP contribution in [0.4, 0.5) is 10.1 Å².